The third kappa shape index (κ3) is 4.68. The fourth-order valence-electron chi connectivity index (χ4n) is 2.90. The molecule has 0 bridgehead atoms. The molecule has 5 nitrogen and oxygen atoms in total. The van der Waals surface area contributed by atoms with E-state index >= 15 is 0 Å². The van der Waals surface area contributed by atoms with E-state index in [9.17, 15) is 0 Å². The first kappa shape index (κ1) is 16.7. The van der Waals surface area contributed by atoms with Gasteiger partial charge in [-0.2, -0.15) is 0 Å². The second-order valence-corrected chi connectivity index (χ2v) is 6.78. The Hall–Kier alpha value is -2.14. The number of nitrogens with zero attached hydrogens (tertiary/aromatic N) is 4. The highest BCUT2D eigenvalue weighted by atomic mass is 15.3. The van der Waals surface area contributed by atoms with E-state index in [1.165, 1.54) is 5.56 Å². The van der Waals surface area contributed by atoms with E-state index < -0.39 is 0 Å². The van der Waals surface area contributed by atoms with Gasteiger partial charge in [0.1, 0.15) is 18.0 Å². The normalized spacial score (nSPS) is 15.7. The lowest BCUT2D eigenvalue weighted by Gasteiger charge is -2.35. The van der Waals surface area contributed by atoms with Crippen LogP contribution in [-0.2, 0) is 6.54 Å². The molecule has 0 atom stereocenters. The summed E-state index contributed by atoms with van der Waals surface area (Å²) < 4.78 is 0. The molecule has 0 aliphatic carbocycles. The fourth-order valence-corrected chi connectivity index (χ4v) is 2.90. The van der Waals surface area contributed by atoms with Crippen LogP contribution in [0.15, 0.2) is 42.7 Å². The SMILES string of the molecule is CC(C)CNc1cc(N2CCN(Cc3ccccc3)CC2)ncn1. The molecule has 1 aliphatic heterocycles. The zero-order chi connectivity index (χ0) is 16.8. The van der Waals surface area contributed by atoms with E-state index in [1.54, 1.807) is 6.33 Å². The van der Waals surface area contributed by atoms with E-state index in [4.69, 9.17) is 0 Å². The lowest BCUT2D eigenvalue weighted by Crippen LogP contribution is -2.46. The van der Waals surface area contributed by atoms with Crippen LogP contribution in [0.1, 0.15) is 19.4 Å². The Balaban J connectivity index is 1.53. The molecule has 1 aliphatic rings. The third-order valence-electron chi connectivity index (χ3n) is 4.29. The summed E-state index contributed by atoms with van der Waals surface area (Å²) in [6.45, 7) is 10.5. The Bertz CT molecular complexity index is 621. The van der Waals surface area contributed by atoms with Gasteiger partial charge in [0.15, 0.2) is 0 Å². The third-order valence-corrected chi connectivity index (χ3v) is 4.29. The predicted molar refractivity (Wildman–Crippen MR) is 99.3 cm³/mol. The quantitative estimate of drug-likeness (QED) is 0.885. The number of hydrogen-bond donors (Lipinski definition) is 1. The number of hydrogen-bond acceptors (Lipinski definition) is 5. The van der Waals surface area contributed by atoms with Gasteiger partial charge >= 0.3 is 0 Å². The summed E-state index contributed by atoms with van der Waals surface area (Å²) in [4.78, 5) is 13.6. The van der Waals surface area contributed by atoms with Crippen LogP contribution in [-0.4, -0.2) is 47.6 Å². The number of aromatic nitrogens is 2. The van der Waals surface area contributed by atoms with E-state index in [0.717, 1.165) is 50.9 Å². The highest BCUT2D eigenvalue weighted by Gasteiger charge is 2.18. The van der Waals surface area contributed by atoms with Crippen molar-refractivity contribution >= 4 is 11.6 Å². The Kier molecular flexibility index (Phi) is 5.64. The van der Waals surface area contributed by atoms with Gasteiger partial charge < -0.3 is 10.2 Å². The van der Waals surface area contributed by atoms with Crippen molar-refractivity contribution in [3.8, 4) is 0 Å². The van der Waals surface area contributed by atoms with Gasteiger partial charge in [0, 0.05) is 45.3 Å². The van der Waals surface area contributed by atoms with Crippen molar-refractivity contribution in [1.82, 2.24) is 14.9 Å². The second kappa shape index (κ2) is 8.11. The van der Waals surface area contributed by atoms with Gasteiger partial charge in [-0.1, -0.05) is 44.2 Å². The van der Waals surface area contributed by atoms with Crippen molar-refractivity contribution in [3.63, 3.8) is 0 Å². The first-order valence-electron chi connectivity index (χ1n) is 8.78. The molecule has 0 radical (unpaired) electrons. The van der Waals surface area contributed by atoms with Gasteiger partial charge in [0.05, 0.1) is 0 Å². The van der Waals surface area contributed by atoms with Crippen molar-refractivity contribution in [3.05, 3.63) is 48.3 Å². The number of nitrogens with one attached hydrogen (secondary N) is 1. The standard InChI is InChI=1S/C19H27N5/c1-16(2)13-20-18-12-19(22-15-21-18)24-10-8-23(9-11-24)14-17-6-4-3-5-7-17/h3-7,12,15-16H,8-11,13-14H2,1-2H3,(H,20,21,22). The smallest absolute Gasteiger partial charge is 0.134 e. The van der Waals surface area contributed by atoms with Gasteiger partial charge in [0.25, 0.3) is 0 Å². The monoisotopic (exact) mass is 325 g/mol. The molecule has 1 aromatic heterocycles. The summed E-state index contributed by atoms with van der Waals surface area (Å²) in [6, 6.07) is 12.7. The van der Waals surface area contributed by atoms with E-state index in [2.05, 4.69) is 75.3 Å². The molecule has 2 heterocycles. The molecule has 3 rings (SSSR count). The minimum absolute atomic E-state index is 0.602. The lowest BCUT2D eigenvalue weighted by molar-refractivity contribution is 0.249. The van der Waals surface area contributed by atoms with Crippen molar-refractivity contribution in [2.45, 2.75) is 20.4 Å². The Morgan fingerprint density at radius 2 is 1.79 bits per heavy atom. The summed E-state index contributed by atoms with van der Waals surface area (Å²) >= 11 is 0. The molecule has 0 spiro atoms. The molecule has 0 saturated carbocycles. The molecule has 24 heavy (non-hydrogen) atoms. The molecule has 0 unspecified atom stereocenters. The summed E-state index contributed by atoms with van der Waals surface area (Å²) in [6.07, 6.45) is 1.66. The van der Waals surface area contributed by atoms with Crippen LogP contribution in [0.3, 0.4) is 0 Å². The summed E-state index contributed by atoms with van der Waals surface area (Å²) in [7, 11) is 0. The Morgan fingerprint density at radius 1 is 1.04 bits per heavy atom. The molecule has 1 aromatic carbocycles. The van der Waals surface area contributed by atoms with Crippen LogP contribution >= 0.6 is 0 Å². The highest BCUT2D eigenvalue weighted by molar-refractivity contribution is 5.48. The largest absolute Gasteiger partial charge is 0.370 e. The predicted octanol–water partition coefficient (Wildman–Crippen LogP) is 2.87. The van der Waals surface area contributed by atoms with E-state index in [0.29, 0.717) is 5.92 Å². The topological polar surface area (TPSA) is 44.3 Å². The number of anilines is 2. The van der Waals surface area contributed by atoms with Crippen molar-refractivity contribution in [2.24, 2.45) is 5.92 Å². The molecule has 0 amide bonds. The van der Waals surface area contributed by atoms with Crippen LogP contribution in [0.25, 0.3) is 0 Å². The maximum atomic E-state index is 4.46. The zero-order valence-electron chi connectivity index (χ0n) is 14.7. The molecular formula is C19H27N5. The van der Waals surface area contributed by atoms with Crippen LogP contribution in [0.5, 0.6) is 0 Å². The van der Waals surface area contributed by atoms with Gasteiger partial charge in [0.2, 0.25) is 0 Å². The minimum atomic E-state index is 0.602. The molecular weight excluding hydrogens is 298 g/mol. The van der Waals surface area contributed by atoms with Gasteiger partial charge in [-0.25, -0.2) is 9.97 Å². The minimum Gasteiger partial charge on any atom is -0.370 e. The first-order valence-corrected chi connectivity index (χ1v) is 8.78. The Labute approximate surface area is 144 Å². The van der Waals surface area contributed by atoms with Gasteiger partial charge in [-0.05, 0) is 11.5 Å². The zero-order valence-corrected chi connectivity index (χ0v) is 14.7. The maximum Gasteiger partial charge on any atom is 0.134 e. The lowest BCUT2D eigenvalue weighted by atomic mass is 10.2. The van der Waals surface area contributed by atoms with Crippen LogP contribution in [0.4, 0.5) is 11.6 Å². The summed E-state index contributed by atoms with van der Waals surface area (Å²) in [5.41, 5.74) is 1.38. The average molecular weight is 325 g/mol. The van der Waals surface area contributed by atoms with E-state index in [1.807, 2.05) is 0 Å². The molecule has 128 valence electrons. The average Bonchev–Trinajstić information content (AvgIpc) is 2.62. The first-order chi connectivity index (χ1) is 11.7. The van der Waals surface area contributed by atoms with Crippen LogP contribution < -0.4 is 10.2 Å². The van der Waals surface area contributed by atoms with Crippen LogP contribution in [0.2, 0.25) is 0 Å². The van der Waals surface area contributed by atoms with Gasteiger partial charge in [-0.15, -0.1) is 0 Å². The summed E-state index contributed by atoms with van der Waals surface area (Å²) in [5, 5.41) is 3.38. The molecule has 2 aromatic rings. The fraction of sp³-hybridized carbons (Fsp3) is 0.474. The van der Waals surface area contributed by atoms with Crippen LogP contribution in [0, 0.1) is 5.92 Å². The number of benzene rings is 1. The second-order valence-electron chi connectivity index (χ2n) is 6.78. The highest BCUT2D eigenvalue weighted by Crippen LogP contribution is 2.17. The van der Waals surface area contributed by atoms with Gasteiger partial charge in [-0.3, -0.25) is 4.90 Å². The Morgan fingerprint density at radius 3 is 2.50 bits per heavy atom. The van der Waals surface area contributed by atoms with Crippen molar-refractivity contribution < 1.29 is 0 Å². The molecule has 5 heteroatoms. The molecule has 1 N–H and O–H groups in total. The maximum absolute atomic E-state index is 4.46. The number of piperazine rings is 1. The van der Waals surface area contributed by atoms with E-state index in [-0.39, 0.29) is 0 Å². The summed E-state index contributed by atoms with van der Waals surface area (Å²) in [5.74, 6) is 2.54. The number of rotatable bonds is 6. The van der Waals surface area contributed by atoms with Crippen molar-refractivity contribution in [2.75, 3.05) is 42.9 Å². The van der Waals surface area contributed by atoms with Crippen molar-refractivity contribution in [1.29, 1.82) is 0 Å². The molecule has 1 saturated heterocycles. The molecule has 1 fully saturated rings.